The van der Waals surface area contributed by atoms with Gasteiger partial charge in [0.25, 0.3) is 5.91 Å². The van der Waals surface area contributed by atoms with Gasteiger partial charge in [-0.1, -0.05) is 12.1 Å². The van der Waals surface area contributed by atoms with E-state index in [2.05, 4.69) is 15.3 Å². The highest BCUT2D eigenvalue weighted by Crippen LogP contribution is 2.25. The molecule has 0 atom stereocenters. The molecule has 1 N–H and O–H groups in total. The van der Waals surface area contributed by atoms with Gasteiger partial charge >= 0.3 is 5.97 Å². The van der Waals surface area contributed by atoms with E-state index in [4.69, 9.17) is 13.9 Å². The van der Waals surface area contributed by atoms with E-state index in [1.54, 1.807) is 25.3 Å². The summed E-state index contributed by atoms with van der Waals surface area (Å²) in [6, 6.07) is 11.1. The minimum Gasteiger partial charge on any atom is -0.492 e. The lowest BCUT2D eigenvalue weighted by molar-refractivity contribution is -0.124. The van der Waals surface area contributed by atoms with Crippen molar-refractivity contribution in [3.8, 4) is 17.3 Å². The molecule has 0 unspecified atom stereocenters. The summed E-state index contributed by atoms with van der Waals surface area (Å²) in [4.78, 5) is 33.3. The molecule has 0 spiro atoms. The molecular formula is C22H23N3O5S. The molecule has 1 aromatic carbocycles. The fourth-order valence-corrected chi connectivity index (χ4v) is 3.38. The number of carbonyl (C=O) groups excluding carboxylic acids is 2. The number of furan rings is 1. The molecule has 0 saturated carbocycles. The molecule has 0 radical (unpaired) electrons. The smallest absolute Gasteiger partial charge is 0.343 e. The number of nitrogens with zero attached hydrogens (tertiary/aromatic N) is 2. The predicted octanol–water partition coefficient (Wildman–Crippen LogP) is 3.43. The Labute approximate surface area is 184 Å². The average Bonchev–Trinajstić information content (AvgIpc) is 3.29. The third kappa shape index (κ3) is 6.08. The molecule has 8 nitrogen and oxygen atoms in total. The molecule has 3 aromatic rings. The minimum atomic E-state index is -0.654. The van der Waals surface area contributed by atoms with Crippen molar-refractivity contribution in [3.63, 3.8) is 0 Å². The van der Waals surface area contributed by atoms with E-state index in [-0.39, 0.29) is 5.56 Å². The van der Waals surface area contributed by atoms with Crippen molar-refractivity contribution in [2.24, 2.45) is 0 Å². The first-order valence-corrected chi connectivity index (χ1v) is 10.8. The third-order valence-electron chi connectivity index (χ3n) is 4.21. The summed E-state index contributed by atoms with van der Waals surface area (Å²) in [5, 5.41) is 3.11. The van der Waals surface area contributed by atoms with Gasteiger partial charge in [-0.15, -0.1) is 11.8 Å². The number of carbonyl (C=O) groups is 2. The molecule has 0 saturated heterocycles. The van der Waals surface area contributed by atoms with Gasteiger partial charge in [0.2, 0.25) is 0 Å². The Bertz CT molecular complexity index is 1050. The molecule has 162 valence electrons. The Kier molecular flexibility index (Phi) is 7.66. The van der Waals surface area contributed by atoms with E-state index in [0.717, 1.165) is 11.3 Å². The summed E-state index contributed by atoms with van der Waals surface area (Å²) in [5.74, 6) is 0.552. The van der Waals surface area contributed by atoms with Crippen molar-refractivity contribution in [3.05, 3.63) is 59.5 Å². The normalized spacial score (nSPS) is 10.5. The molecule has 0 aliphatic rings. The number of thioether (sulfide) groups is 1. The van der Waals surface area contributed by atoms with Gasteiger partial charge in [0.05, 0.1) is 18.5 Å². The van der Waals surface area contributed by atoms with Crippen LogP contribution in [0.4, 0.5) is 0 Å². The van der Waals surface area contributed by atoms with Crippen molar-refractivity contribution in [2.45, 2.75) is 18.9 Å². The van der Waals surface area contributed by atoms with Crippen molar-refractivity contribution >= 4 is 23.6 Å². The third-order valence-corrected chi connectivity index (χ3v) is 4.89. The number of esters is 1. The zero-order valence-corrected chi connectivity index (χ0v) is 18.3. The van der Waals surface area contributed by atoms with E-state index in [9.17, 15) is 9.59 Å². The predicted molar refractivity (Wildman–Crippen MR) is 116 cm³/mol. The maximum absolute atomic E-state index is 12.6. The van der Waals surface area contributed by atoms with Crippen molar-refractivity contribution in [1.29, 1.82) is 0 Å². The zero-order valence-electron chi connectivity index (χ0n) is 17.5. The largest absolute Gasteiger partial charge is 0.492 e. The Morgan fingerprint density at radius 2 is 2.00 bits per heavy atom. The van der Waals surface area contributed by atoms with Crippen LogP contribution in [0, 0.1) is 13.8 Å². The molecule has 3 rings (SSSR count). The maximum atomic E-state index is 12.6. The molecule has 31 heavy (non-hydrogen) atoms. The molecule has 2 heterocycles. The molecule has 2 aromatic heterocycles. The fraction of sp³-hybridized carbons (Fsp3) is 0.273. The summed E-state index contributed by atoms with van der Waals surface area (Å²) < 4.78 is 16.1. The highest BCUT2D eigenvalue weighted by atomic mass is 32.2. The van der Waals surface area contributed by atoms with Crippen molar-refractivity contribution < 1.29 is 23.5 Å². The van der Waals surface area contributed by atoms with E-state index >= 15 is 0 Å². The van der Waals surface area contributed by atoms with Crippen LogP contribution in [0.25, 0.3) is 11.6 Å². The first-order chi connectivity index (χ1) is 15.0. The Hall–Kier alpha value is -3.33. The molecule has 1 amide bonds. The van der Waals surface area contributed by atoms with Gasteiger partial charge in [-0.25, -0.2) is 14.8 Å². The van der Waals surface area contributed by atoms with Gasteiger partial charge in [0, 0.05) is 0 Å². The second kappa shape index (κ2) is 10.6. The van der Waals surface area contributed by atoms with Crippen LogP contribution >= 0.6 is 11.8 Å². The molecule has 0 fully saturated rings. The van der Waals surface area contributed by atoms with Gasteiger partial charge in [-0.05, 0) is 49.9 Å². The lowest BCUT2D eigenvalue weighted by Crippen LogP contribution is -2.32. The van der Waals surface area contributed by atoms with Crippen LogP contribution < -0.4 is 10.1 Å². The van der Waals surface area contributed by atoms with Crippen LogP contribution in [0.1, 0.15) is 21.6 Å². The molecule has 0 aliphatic carbocycles. The number of aromatic nitrogens is 2. The Balaban J connectivity index is 1.51. The molecule has 0 aliphatic heterocycles. The molecular weight excluding hydrogens is 418 g/mol. The minimum absolute atomic E-state index is 0.235. The number of aryl methyl sites for hydroxylation is 2. The van der Waals surface area contributed by atoms with Crippen LogP contribution in [-0.4, -0.2) is 47.9 Å². The van der Waals surface area contributed by atoms with Gasteiger partial charge in [0.1, 0.15) is 22.9 Å². The highest BCUT2D eigenvalue weighted by Gasteiger charge is 2.21. The van der Waals surface area contributed by atoms with Crippen LogP contribution in [0.2, 0.25) is 0 Å². The topological polar surface area (TPSA) is 104 Å². The number of rotatable bonds is 9. The summed E-state index contributed by atoms with van der Waals surface area (Å²) in [5.41, 5.74) is 1.77. The van der Waals surface area contributed by atoms with E-state index in [1.807, 2.05) is 31.2 Å². The Morgan fingerprint density at radius 1 is 1.16 bits per heavy atom. The first kappa shape index (κ1) is 22.4. The van der Waals surface area contributed by atoms with Gasteiger partial charge in [-0.2, -0.15) is 0 Å². The van der Waals surface area contributed by atoms with E-state index in [0.29, 0.717) is 35.5 Å². The summed E-state index contributed by atoms with van der Waals surface area (Å²) in [7, 11) is 0. The fourth-order valence-electron chi connectivity index (χ4n) is 2.76. The second-order valence-electron chi connectivity index (χ2n) is 6.59. The van der Waals surface area contributed by atoms with Crippen LogP contribution in [0.15, 0.2) is 52.1 Å². The van der Waals surface area contributed by atoms with Crippen LogP contribution in [0.3, 0.4) is 0 Å². The van der Waals surface area contributed by atoms with Gasteiger partial charge < -0.3 is 19.2 Å². The number of amides is 1. The van der Waals surface area contributed by atoms with Gasteiger partial charge in [-0.3, -0.25) is 4.79 Å². The molecule has 9 heteroatoms. The lowest BCUT2D eigenvalue weighted by Gasteiger charge is -2.11. The zero-order chi connectivity index (χ0) is 22.2. The van der Waals surface area contributed by atoms with Crippen molar-refractivity contribution in [1.82, 2.24) is 15.3 Å². The second-order valence-corrected chi connectivity index (χ2v) is 7.38. The maximum Gasteiger partial charge on any atom is 0.343 e. The van der Waals surface area contributed by atoms with Gasteiger partial charge in [0.15, 0.2) is 18.2 Å². The number of ether oxygens (including phenoxy) is 2. The Morgan fingerprint density at radius 3 is 2.71 bits per heavy atom. The quantitative estimate of drug-likeness (QED) is 0.233. The standard InChI is InChI=1S/C22H23N3O5S/c1-14-6-4-7-16(12-14)28-11-9-23-18(26)13-30-22(27)19-15(2)24-20(25-21(19)31-3)17-8-5-10-29-17/h4-8,10,12H,9,11,13H2,1-3H3,(H,23,26). The first-order valence-electron chi connectivity index (χ1n) is 9.57. The number of benzene rings is 1. The number of hydrogen-bond acceptors (Lipinski definition) is 8. The van der Waals surface area contributed by atoms with Crippen LogP contribution in [-0.2, 0) is 9.53 Å². The van der Waals surface area contributed by atoms with E-state index < -0.39 is 18.5 Å². The monoisotopic (exact) mass is 441 g/mol. The van der Waals surface area contributed by atoms with E-state index in [1.165, 1.54) is 18.0 Å². The number of hydrogen-bond donors (Lipinski definition) is 1. The summed E-state index contributed by atoms with van der Waals surface area (Å²) in [6.07, 6.45) is 3.32. The number of nitrogens with one attached hydrogen (secondary N) is 1. The molecule has 0 bridgehead atoms. The average molecular weight is 442 g/mol. The van der Waals surface area contributed by atoms with Crippen LogP contribution in [0.5, 0.6) is 5.75 Å². The van der Waals surface area contributed by atoms with Crippen molar-refractivity contribution in [2.75, 3.05) is 26.0 Å². The SMILES string of the molecule is CSc1nc(-c2ccco2)nc(C)c1C(=O)OCC(=O)NCCOc1cccc(C)c1. The summed E-state index contributed by atoms with van der Waals surface area (Å²) >= 11 is 1.29. The highest BCUT2D eigenvalue weighted by molar-refractivity contribution is 7.98. The lowest BCUT2D eigenvalue weighted by atomic mass is 10.2. The summed E-state index contributed by atoms with van der Waals surface area (Å²) in [6.45, 7) is 3.85.